The monoisotopic (exact) mass is 392 g/mol. The van der Waals surface area contributed by atoms with Crippen molar-refractivity contribution in [2.24, 2.45) is 0 Å². The number of nitrogens with one attached hydrogen (secondary N) is 1. The minimum absolute atomic E-state index is 0.0357. The van der Waals surface area contributed by atoms with Crippen LogP contribution in [0.15, 0.2) is 53.0 Å². The quantitative estimate of drug-likeness (QED) is 0.489. The molecule has 0 aliphatic heterocycles. The Hall–Kier alpha value is -2.72. The third-order valence-corrected chi connectivity index (χ3v) is 6.46. The maximum atomic E-state index is 11.6. The summed E-state index contributed by atoms with van der Waals surface area (Å²) >= 11 is 0.855. The average molecular weight is 392 g/mol. The summed E-state index contributed by atoms with van der Waals surface area (Å²) in [7, 11) is -3.49. The first kappa shape index (κ1) is 18.1. The Morgan fingerprint density at radius 3 is 2.65 bits per heavy atom. The predicted molar refractivity (Wildman–Crippen MR) is 99.2 cm³/mol. The zero-order valence-electron chi connectivity index (χ0n) is 13.8. The first-order valence-electron chi connectivity index (χ1n) is 7.60. The summed E-state index contributed by atoms with van der Waals surface area (Å²) in [5.41, 5.74) is 1.71. The topological polar surface area (TPSA) is 107 Å². The molecular weight excluding hydrogens is 376 g/mol. The van der Waals surface area contributed by atoms with E-state index in [4.69, 9.17) is 0 Å². The van der Waals surface area contributed by atoms with E-state index in [1.54, 1.807) is 10.9 Å². The summed E-state index contributed by atoms with van der Waals surface area (Å²) in [6.45, 7) is 0.928. The van der Waals surface area contributed by atoms with Crippen molar-refractivity contribution < 1.29 is 13.3 Å². The molecule has 0 radical (unpaired) electrons. The molecule has 136 valence electrons. The van der Waals surface area contributed by atoms with E-state index < -0.39 is 14.8 Å². The second kappa shape index (κ2) is 7.26. The third-order valence-electron chi connectivity index (χ3n) is 3.58. The Balaban J connectivity index is 1.71. The minimum atomic E-state index is -3.49. The molecule has 26 heavy (non-hydrogen) atoms. The second-order valence-corrected chi connectivity index (χ2v) is 8.99. The van der Waals surface area contributed by atoms with Crippen LogP contribution in [0.25, 0.3) is 0 Å². The van der Waals surface area contributed by atoms with E-state index in [-0.39, 0.29) is 14.9 Å². The summed E-state index contributed by atoms with van der Waals surface area (Å²) in [6, 6.07) is 10.9. The number of hydrogen-bond donors (Lipinski definition) is 1. The van der Waals surface area contributed by atoms with E-state index in [9.17, 15) is 18.5 Å². The van der Waals surface area contributed by atoms with Gasteiger partial charge in [0.1, 0.15) is 4.21 Å². The number of nitrogens with zero attached hydrogens (tertiary/aromatic N) is 3. The van der Waals surface area contributed by atoms with Crippen molar-refractivity contribution in [3.8, 4) is 0 Å². The highest BCUT2D eigenvalue weighted by molar-refractivity contribution is 7.92. The molecule has 2 heterocycles. The number of sulfone groups is 1. The molecular formula is C16H16N4O4S2. The molecule has 0 atom stereocenters. The third kappa shape index (κ3) is 4.27. The van der Waals surface area contributed by atoms with Gasteiger partial charge in [-0.05, 0) is 5.56 Å². The van der Waals surface area contributed by atoms with E-state index in [0.717, 1.165) is 34.8 Å². The number of benzene rings is 1. The van der Waals surface area contributed by atoms with Crippen LogP contribution in [0.4, 0.5) is 10.7 Å². The van der Waals surface area contributed by atoms with E-state index in [2.05, 4.69) is 10.4 Å². The van der Waals surface area contributed by atoms with Crippen molar-refractivity contribution in [3.63, 3.8) is 0 Å². The molecule has 0 aliphatic carbocycles. The first-order valence-corrected chi connectivity index (χ1v) is 10.3. The molecule has 0 saturated carbocycles. The number of aromatic nitrogens is 2. The highest BCUT2D eigenvalue weighted by Gasteiger charge is 2.23. The van der Waals surface area contributed by atoms with Gasteiger partial charge in [-0.3, -0.25) is 14.8 Å². The molecule has 0 saturated heterocycles. The van der Waals surface area contributed by atoms with E-state index >= 15 is 0 Å². The summed E-state index contributed by atoms with van der Waals surface area (Å²) in [6.07, 6.45) is 4.55. The van der Waals surface area contributed by atoms with Crippen molar-refractivity contribution in [2.45, 2.75) is 17.3 Å². The summed E-state index contributed by atoms with van der Waals surface area (Å²) in [5, 5.41) is 18.6. The van der Waals surface area contributed by atoms with Crippen LogP contribution in [-0.2, 0) is 22.9 Å². The highest BCUT2D eigenvalue weighted by Crippen LogP contribution is 2.37. The number of anilines is 1. The van der Waals surface area contributed by atoms with Gasteiger partial charge in [0.15, 0.2) is 14.8 Å². The SMILES string of the molecule is CS(=O)(=O)c1cc([N+](=O)[O-])c(NCc2cnn(Cc3ccccc3)c2)s1. The van der Waals surface area contributed by atoms with Gasteiger partial charge in [-0.25, -0.2) is 8.42 Å². The lowest BCUT2D eigenvalue weighted by atomic mass is 10.2. The second-order valence-electron chi connectivity index (χ2n) is 5.69. The molecule has 1 aromatic carbocycles. The lowest BCUT2D eigenvalue weighted by Gasteiger charge is -2.02. The van der Waals surface area contributed by atoms with E-state index in [0.29, 0.717) is 13.1 Å². The molecule has 10 heteroatoms. The van der Waals surface area contributed by atoms with Gasteiger partial charge in [-0.2, -0.15) is 5.10 Å². The fourth-order valence-corrected chi connectivity index (χ4v) is 4.28. The lowest BCUT2D eigenvalue weighted by Crippen LogP contribution is -2.01. The summed E-state index contributed by atoms with van der Waals surface area (Å²) in [4.78, 5) is 10.6. The van der Waals surface area contributed by atoms with Gasteiger partial charge in [-0.15, -0.1) is 0 Å². The Bertz CT molecular complexity index is 1030. The zero-order chi connectivity index (χ0) is 18.7. The first-order chi connectivity index (χ1) is 12.3. The summed E-state index contributed by atoms with van der Waals surface area (Å²) < 4.78 is 25.0. The maximum absolute atomic E-state index is 11.6. The van der Waals surface area contributed by atoms with Crippen LogP contribution in [0.3, 0.4) is 0 Å². The maximum Gasteiger partial charge on any atom is 0.304 e. The highest BCUT2D eigenvalue weighted by atomic mass is 32.2. The normalized spacial score (nSPS) is 11.4. The molecule has 3 aromatic rings. The van der Waals surface area contributed by atoms with Crippen LogP contribution in [0.5, 0.6) is 0 Å². The molecule has 0 aliphatic rings. The van der Waals surface area contributed by atoms with Gasteiger partial charge < -0.3 is 5.32 Å². The van der Waals surface area contributed by atoms with Crippen molar-refractivity contribution in [1.82, 2.24) is 9.78 Å². The van der Waals surface area contributed by atoms with Gasteiger partial charge in [0, 0.05) is 30.6 Å². The molecule has 0 fully saturated rings. The van der Waals surface area contributed by atoms with Crippen molar-refractivity contribution in [3.05, 3.63) is 70.0 Å². The Morgan fingerprint density at radius 2 is 2.00 bits per heavy atom. The standard InChI is InChI=1S/C16H16N4O4S2/c1-26(23,24)15-7-14(20(21)22)16(25-15)17-8-13-9-18-19(11-13)10-12-5-3-2-4-6-12/h2-7,9,11,17H,8,10H2,1H3. The predicted octanol–water partition coefficient (Wildman–Crippen LogP) is 2.92. The lowest BCUT2D eigenvalue weighted by molar-refractivity contribution is -0.383. The average Bonchev–Trinajstić information content (AvgIpc) is 3.20. The van der Waals surface area contributed by atoms with E-state index in [1.165, 1.54) is 0 Å². The van der Waals surface area contributed by atoms with Crippen LogP contribution in [0, 0.1) is 10.1 Å². The summed E-state index contributed by atoms with van der Waals surface area (Å²) in [5.74, 6) is 0. The molecule has 0 amide bonds. The van der Waals surface area contributed by atoms with E-state index in [1.807, 2.05) is 36.5 Å². The number of hydrogen-bond acceptors (Lipinski definition) is 7. The number of nitro groups is 1. The molecule has 0 bridgehead atoms. The van der Waals surface area contributed by atoms with Crippen molar-refractivity contribution >= 4 is 31.9 Å². The number of rotatable bonds is 7. The van der Waals surface area contributed by atoms with Crippen molar-refractivity contribution in [1.29, 1.82) is 0 Å². The van der Waals surface area contributed by atoms with Crippen LogP contribution in [0.2, 0.25) is 0 Å². The van der Waals surface area contributed by atoms with Gasteiger partial charge in [-0.1, -0.05) is 41.7 Å². The zero-order valence-corrected chi connectivity index (χ0v) is 15.5. The minimum Gasteiger partial charge on any atom is -0.367 e. The smallest absolute Gasteiger partial charge is 0.304 e. The van der Waals surface area contributed by atoms with Crippen LogP contribution >= 0.6 is 11.3 Å². The fourth-order valence-electron chi connectivity index (χ4n) is 2.34. The molecule has 1 N–H and O–H groups in total. The van der Waals surface area contributed by atoms with Gasteiger partial charge in [0.05, 0.1) is 17.7 Å². The van der Waals surface area contributed by atoms with Crippen LogP contribution in [-0.4, -0.2) is 29.4 Å². The van der Waals surface area contributed by atoms with Crippen LogP contribution in [0.1, 0.15) is 11.1 Å². The van der Waals surface area contributed by atoms with Gasteiger partial charge >= 0.3 is 5.69 Å². The molecule has 3 rings (SSSR count). The molecule has 0 unspecified atom stereocenters. The fraction of sp³-hybridized carbons (Fsp3) is 0.188. The van der Waals surface area contributed by atoms with Crippen LogP contribution < -0.4 is 5.32 Å². The Morgan fingerprint density at radius 1 is 1.27 bits per heavy atom. The molecule has 0 spiro atoms. The Kier molecular flexibility index (Phi) is 5.05. The van der Waals surface area contributed by atoms with Gasteiger partial charge in [0.25, 0.3) is 0 Å². The Labute approximate surface area is 154 Å². The molecule has 2 aromatic heterocycles. The van der Waals surface area contributed by atoms with Crippen molar-refractivity contribution in [2.75, 3.05) is 11.6 Å². The largest absolute Gasteiger partial charge is 0.367 e. The molecule has 8 nitrogen and oxygen atoms in total. The number of thiophene rings is 1. The van der Waals surface area contributed by atoms with Gasteiger partial charge in [0.2, 0.25) is 0 Å².